The normalized spacial score (nSPS) is 15.6. The molecular weight excluding hydrogens is 290 g/mol. The molecule has 1 aliphatic heterocycles. The molecule has 0 saturated carbocycles. The van der Waals surface area contributed by atoms with Crippen molar-refractivity contribution in [1.82, 2.24) is 4.98 Å². The van der Waals surface area contributed by atoms with Gasteiger partial charge in [-0.05, 0) is 24.3 Å². The minimum atomic E-state index is -3.61. The van der Waals surface area contributed by atoms with Gasteiger partial charge in [-0.25, -0.2) is 0 Å². The highest BCUT2D eigenvalue weighted by Gasteiger charge is 2.24. The van der Waals surface area contributed by atoms with Gasteiger partial charge in [-0.3, -0.25) is 10.8 Å². The number of anilines is 2. The molecule has 0 amide bonds. The lowest BCUT2D eigenvalue weighted by molar-refractivity contribution is 0.597. The Kier molecular flexibility index (Phi) is 3.32. The van der Waals surface area contributed by atoms with Gasteiger partial charge in [-0.15, -0.1) is 4.40 Å². The number of pyridine rings is 1. The van der Waals surface area contributed by atoms with Crippen molar-refractivity contribution in [3.05, 3.63) is 48.3 Å². The summed E-state index contributed by atoms with van der Waals surface area (Å²) in [5.41, 5.74) is 4.61. The fourth-order valence-electron chi connectivity index (χ4n) is 2.11. The maximum atomic E-state index is 11.9. The second kappa shape index (κ2) is 5.15. The molecule has 0 unspecified atom stereocenters. The zero-order chi connectivity index (χ0) is 14.9. The van der Waals surface area contributed by atoms with Crippen LogP contribution in [0.4, 0.5) is 11.4 Å². The molecule has 0 atom stereocenters. The third-order valence-electron chi connectivity index (χ3n) is 3.09. The topological polar surface area (TPSA) is 101 Å². The van der Waals surface area contributed by atoms with Crippen LogP contribution in [0.3, 0.4) is 0 Å². The average Bonchev–Trinajstić information content (AvgIpc) is 2.51. The zero-order valence-corrected chi connectivity index (χ0v) is 11.8. The van der Waals surface area contributed by atoms with Crippen molar-refractivity contribution >= 4 is 27.7 Å². The molecule has 1 aromatic carbocycles. The molecule has 21 heavy (non-hydrogen) atoms. The SMILES string of the molecule is NNc1ccnc(CN2C=NS(=O)(=O)c3ccccc32)c1. The van der Waals surface area contributed by atoms with E-state index in [4.69, 9.17) is 5.84 Å². The maximum absolute atomic E-state index is 11.9. The minimum absolute atomic E-state index is 0.195. The lowest BCUT2D eigenvalue weighted by Gasteiger charge is -2.24. The van der Waals surface area contributed by atoms with E-state index in [0.29, 0.717) is 12.2 Å². The molecule has 108 valence electrons. The van der Waals surface area contributed by atoms with E-state index in [0.717, 1.165) is 11.4 Å². The molecule has 0 aliphatic carbocycles. The molecule has 0 spiro atoms. The predicted octanol–water partition coefficient (Wildman–Crippen LogP) is 1.10. The van der Waals surface area contributed by atoms with E-state index in [1.165, 1.54) is 6.34 Å². The van der Waals surface area contributed by atoms with Crippen molar-refractivity contribution in [3.63, 3.8) is 0 Å². The average molecular weight is 303 g/mol. The Labute approximate surface area is 122 Å². The van der Waals surface area contributed by atoms with Gasteiger partial charge in [-0.1, -0.05) is 12.1 Å². The van der Waals surface area contributed by atoms with E-state index in [1.807, 2.05) is 0 Å². The molecule has 0 fully saturated rings. The van der Waals surface area contributed by atoms with Gasteiger partial charge in [0.05, 0.1) is 23.6 Å². The Morgan fingerprint density at radius 2 is 2.05 bits per heavy atom. The van der Waals surface area contributed by atoms with E-state index in [9.17, 15) is 8.42 Å². The van der Waals surface area contributed by atoms with Gasteiger partial charge in [0.1, 0.15) is 11.2 Å². The van der Waals surface area contributed by atoms with Crippen molar-refractivity contribution in [1.29, 1.82) is 0 Å². The second-order valence-corrected chi connectivity index (χ2v) is 6.07. The molecule has 1 aliphatic rings. The number of nitrogens with zero attached hydrogens (tertiary/aromatic N) is 3. The summed E-state index contributed by atoms with van der Waals surface area (Å²) in [5, 5.41) is 0. The van der Waals surface area contributed by atoms with Crippen molar-refractivity contribution in [3.8, 4) is 0 Å². The van der Waals surface area contributed by atoms with Crippen molar-refractivity contribution < 1.29 is 8.42 Å². The molecule has 1 aromatic heterocycles. The van der Waals surface area contributed by atoms with Crippen LogP contribution in [0, 0.1) is 0 Å². The van der Waals surface area contributed by atoms with Gasteiger partial charge in [0, 0.05) is 6.20 Å². The first-order valence-electron chi connectivity index (χ1n) is 6.18. The van der Waals surface area contributed by atoms with E-state index in [1.54, 1.807) is 47.5 Å². The standard InChI is InChI=1S/C13H13N5O2S/c14-17-10-5-6-15-11(7-10)8-18-9-16-21(19,20)13-4-2-1-3-12(13)18/h1-7,9H,8,14H2,(H,15,17). The molecule has 7 nitrogen and oxygen atoms in total. The van der Waals surface area contributed by atoms with Gasteiger partial charge >= 0.3 is 0 Å². The first kappa shape index (κ1) is 13.5. The summed E-state index contributed by atoms with van der Waals surface area (Å²) in [7, 11) is -3.61. The van der Waals surface area contributed by atoms with Gasteiger partial charge < -0.3 is 10.3 Å². The number of aromatic nitrogens is 1. The molecule has 2 aromatic rings. The first-order chi connectivity index (χ1) is 10.1. The van der Waals surface area contributed by atoms with Crippen LogP contribution in [0.2, 0.25) is 0 Å². The van der Waals surface area contributed by atoms with Crippen molar-refractivity contribution in [2.45, 2.75) is 11.4 Å². The van der Waals surface area contributed by atoms with Crippen LogP contribution >= 0.6 is 0 Å². The van der Waals surface area contributed by atoms with Crippen LogP contribution in [0.15, 0.2) is 51.9 Å². The molecule has 3 N–H and O–H groups in total. The summed E-state index contributed by atoms with van der Waals surface area (Å²) >= 11 is 0. The van der Waals surface area contributed by atoms with Crippen LogP contribution < -0.4 is 16.2 Å². The number of benzene rings is 1. The number of hydrogen-bond donors (Lipinski definition) is 2. The molecule has 0 saturated heterocycles. The number of sulfonamides is 1. The Morgan fingerprint density at radius 3 is 2.86 bits per heavy atom. The molecule has 0 radical (unpaired) electrons. The number of fused-ring (bicyclic) bond motifs is 1. The maximum Gasteiger partial charge on any atom is 0.285 e. The quantitative estimate of drug-likeness (QED) is 0.650. The smallest absolute Gasteiger partial charge is 0.285 e. The molecular formula is C13H13N5O2S. The number of nitrogens with two attached hydrogens (primary N) is 1. The highest BCUT2D eigenvalue weighted by Crippen LogP contribution is 2.30. The number of para-hydroxylation sites is 1. The summed E-state index contributed by atoms with van der Waals surface area (Å²) in [6, 6.07) is 10.3. The monoisotopic (exact) mass is 303 g/mol. The Bertz CT molecular complexity index is 804. The second-order valence-electron chi connectivity index (χ2n) is 4.47. The lowest BCUT2D eigenvalue weighted by Crippen LogP contribution is -2.27. The third-order valence-corrected chi connectivity index (χ3v) is 4.37. The van der Waals surface area contributed by atoms with Crippen LogP contribution in [-0.2, 0) is 16.6 Å². The van der Waals surface area contributed by atoms with Crippen molar-refractivity contribution in [2.24, 2.45) is 10.2 Å². The summed E-state index contributed by atoms with van der Waals surface area (Å²) < 4.78 is 27.4. The van der Waals surface area contributed by atoms with Gasteiger partial charge in [0.15, 0.2) is 0 Å². The molecule has 2 heterocycles. The number of rotatable bonds is 3. The van der Waals surface area contributed by atoms with E-state index >= 15 is 0 Å². The molecule has 0 bridgehead atoms. The van der Waals surface area contributed by atoms with E-state index in [2.05, 4.69) is 14.8 Å². The summed E-state index contributed by atoms with van der Waals surface area (Å²) in [6.07, 6.45) is 2.94. The lowest BCUT2D eigenvalue weighted by atomic mass is 10.2. The third kappa shape index (κ3) is 2.58. The van der Waals surface area contributed by atoms with Gasteiger partial charge in [0.2, 0.25) is 0 Å². The number of hydrazine groups is 1. The molecule has 3 rings (SSSR count). The minimum Gasteiger partial charge on any atom is -0.324 e. The number of nitrogens with one attached hydrogen (secondary N) is 1. The number of nitrogen functional groups attached to an aromatic ring is 1. The van der Waals surface area contributed by atoms with Gasteiger partial charge in [0.25, 0.3) is 10.0 Å². The van der Waals surface area contributed by atoms with Gasteiger partial charge in [-0.2, -0.15) is 8.42 Å². The Balaban J connectivity index is 1.97. The zero-order valence-electron chi connectivity index (χ0n) is 11.0. The number of hydrogen-bond acceptors (Lipinski definition) is 6. The van der Waals surface area contributed by atoms with Crippen LogP contribution in [0.5, 0.6) is 0 Å². The summed E-state index contributed by atoms with van der Waals surface area (Å²) in [6.45, 7) is 0.394. The fraction of sp³-hybridized carbons (Fsp3) is 0.0769. The van der Waals surface area contributed by atoms with Crippen LogP contribution in [0.1, 0.15) is 5.69 Å². The molecule has 8 heteroatoms. The highest BCUT2D eigenvalue weighted by atomic mass is 32.2. The van der Waals surface area contributed by atoms with E-state index in [-0.39, 0.29) is 4.90 Å². The first-order valence-corrected chi connectivity index (χ1v) is 7.62. The largest absolute Gasteiger partial charge is 0.324 e. The summed E-state index contributed by atoms with van der Waals surface area (Å²) in [4.78, 5) is 6.17. The summed E-state index contributed by atoms with van der Waals surface area (Å²) in [5.74, 6) is 5.37. The van der Waals surface area contributed by atoms with E-state index < -0.39 is 10.0 Å². The predicted molar refractivity (Wildman–Crippen MR) is 80.3 cm³/mol. The van der Waals surface area contributed by atoms with Crippen LogP contribution in [0.25, 0.3) is 0 Å². The van der Waals surface area contributed by atoms with Crippen molar-refractivity contribution in [2.75, 3.05) is 10.3 Å². The van der Waals surface area contributed by atoms with Crippen LogP contribution in [-0.4, -0.2) is 19.7 Å². The highest BCUT2D eigenvalue weighted by molar-refractivity contribution is 7.90. The Hall–Kier alpha value is -2.45. The Morgan fingerprint density at radius 1 is 1.24 bits per heavy atom. The fourth-order valence-corrected chi connectivity index (χ4v) is 3.16.